The predicted molar refractivity (Wildman–Crippen MR) is 64.8 cm³/mol. The van der Waals surface area contributed by atoms with Crippen LogP contribution in [0.5, 0.6) is 0 Å². The van der Waals surface area contributed by atoms with Crippen LogP contribution in [0.25, 0.3) is 0 Å². The van der Waals surface area contributed by atoms with Crippen LogP contribution in [0.2, 0.25) is 0 Å². The molecule has 1 aliphatic heterocycles. The highest BCUT2D eigenvalue weighted by Crippen LogP contribution is 2.04. The molecule has 1 aromatic rings. The number of hydrogen-bond acceptors (Lipinski definition) is 1. The molecule has 0 spiro atoms. The van der Waals surface area contributed by atoms with Crippen LogP contribution >= 0.6 is 0 Å². The molecule has 0 aliphatic carbocycles. The Hall–Kier alpha value is -1.31. The lowest BCUT2D eigenvalue weighted by Gasteiger charge is -2.03. The van der Waals surface area contributed by atoms with E-state index in [-0.39, 0.29) is 7.43 Å². The highest BCUT2D eigenvalue weighted by molar-refractivity contribution is 5.77. The fraction of sp³-hybridized carbons (Fsp3) is 0.462. The van der Waals surface area contributed by atoms with E-state index < -0.39 is 0 Å². The summed E-state index contributed by atoms with van der Waals surface area (Å²) >= 11 is 0. The third kappa shape index (κ3) is 5.21. The Morgan fingerprint density at radius 1 is 1.20 bits per heavy atom. The minimum absolute atomic E-state index is 0. The molecule has 1 amide bonds. The zero-order chi connectivity index (χ0) is 10.4. The van der Waals surface area contributed by atoms with Gasteiger partial charge in [0.15, 0.2) is 0 Å². The number of aryl methyl sites for hydroxylation is 1. The average Bonchev–Trinajstić information content (AvgIpc) is 2.53. The van der Waals surface area contributed by atoms with Crippen molar-refractivity contribution in [2.45, 2.75) is 27.2 Å². The molecule has 0 aromatic heterocycles. The number of benzene rings is 1. The van der Waals surface area contributed by atoms with Gasteiger partial charge in [0.25, 0.3) is 0 Å². The molecular formula is C13H21NO. The van der Waals surface area contributed by atoms with Gasteiger partial charge in [-0.05, 0) is 13.3 Å². The number of nitrogens with zero attached hydrogens (tertiary/aromatic N) is 1. The standard InChI is InChI=1S/C7H8.C5H9NO.CH4/c1-7-5-3-2-4-6-7;1-6-4-2-3-5(6)7;/h2-6H,1H3;2-4H2,1H3;1H4. The van der Waals surface area contributed by atoms with E-state index in [1.165, 1.54) is 5.56 Å². The molecular weight excluding hydrogens is 186 g/mol. The minimum atomic E-state index is 0. The molecule has 15 heavy (non-hydrogen) atoms. The third-order valence-electron chi connectivity index (χ3n) is 2.25. The van der Waals surface area contributed by atoms with Gasteiger partial charge in [0.2, 0.25) is 5.91 Å². The molecule has 84 valence electrons. The van der Waals surface area contributed by atoms with E-state index in [0.717, 1.165) is 19.4 Å². The van der Waals surface area contributed by atoms with Crippen molar-refractivity contribution >= 4 is 5.91 Å². The molecule has 0 saturated carbocycles. The second-order valence-electron chi connectivity index (χ2n) is 3.57. The van der Waals surface area contributed by atoms with Gasteiger partial charge in [0, 0.05) is 20.0 Å². The highest BCUT2D eigenvalue weighted by atomic mass is 16.2. The minimum Gasteiger partial charge on any atom is -0.346 e. The van der Waals surface area contributed by atoms with Crippen LogP contribution in [0.3, 0.4) is 0 Å². The topological polar surface area (TPSA) is 20.3 Å². The number of likely N-dealkylation sites (tertiary alicyclic amines) is 1. The zero-order valence-electron chi connectivity index (χ0n) is 8.86. The van der Waals surface area contributed by atoms with Crippen LogP contribution in [0.4, 0.5) is 0 Å². The number of carbonyl (C=O) groups excluding carboxylic acids is 1. The van der Waals surface area contributed by atoms with Gasteiger partial charge in [-0.3, -0.25) is 4.79 Å². The summed E-state index contributed by atoms with van der Waals surface area (Å²) in [6, 6.07) is 10.3. The maximum Gasteiger partial charge on any atom is 0.222 e. The number of hydrogen-bond donors (Lipinski definition) is 0. The van der Waals surface area contributed by atoms with Crippen LogP contribution in [-0.4, -0.2) is 24.4 Å². The summed E-state index contributed by atoms with van der Waals surface area (Å²) in [5.74, 6) is 0.292. The van der Waals surface area contributed by atoms with Crippen LogP contribution in [0.15, 0.2) is 30.3 Å². The Labute approximate surface area is 92.9 Å². The van der Waals surface area contributed by atoms with Gasteiger partial charge in [-0.25, -0.2) is 0 Å². The van der Waals surface area contributed by atoms with Gasteiger partial charge < -0.3 is 4.90 Å². The summed E-state index contributed by atoms with van der Waals surface area (Å²) in [4.78, 5) is 12.3. The van der Waals surface area contributed by atoms with E-state index in [0.29, 0.717) is 5.91 Å². The summed E-state index contributed by atoms with van der Waals surface area (Å²) in [6.45, 7) is 3.04. The van der Waals surface area contributed by atoms with Crippen molar-refractivity contribution < 1.29 is 4.79 Å². The smallest absolute Gasteiger partial charge is 0.222 e. The van der Waals surface area contributed by atoms with Crippen LogP contribution in [0.1, 0.15) is 25.8 Å². The molecule has 1 saturated heterocycles. The average molecular weight is 207 g/mol. The molecule has 2 heteroatoms. The number of carbonyl (C=O) groups is 1. The largest absolute Gasteiger partial charge is 0.346 e. The summed E-state index contributed by atoms with van der Waals surface area (Å²) in [5.41, 5.74) is 1.32. The quantitative estimate of drug-likeness (QED) is 0.640. The fourth-order valence-electron chi connectivity index (χ4n) is 1.32. The molecule has 1 aliphatic rings. The maximum absolute atomic E-state index is 10.5. The Balaban J connectivity index is 0.000000245. The Morgan fingerprint density at radius 2 is 1.80 bits per heavy atom. The second kappa shape index (κ2) is 7.04. The van der Waals surface area contributed by atoms with E-state index in [1.807, 2.05) is 25.2 Å². The Kier molecular flexibility index (Phi) is 6.43. The monoisotopic (exact) mass is 207 g/mol. The van der Waals surface area contributed by atoms with Gasteiger partial charge in [-0.15, -0.1) is 0 Å². The molecule has 0 atom stereocenters. The first-order chi connectivity index (χ1) is 6.70. The molecule has 0 bridgehead atoms. The number of rotatable bonds is 0. The van der Waals surface area contributed by atoms with Crippen LogP contribution in [0, 0.1) is 6.92 Å². The Bertz CT molecular complexity index is 282. The lowest BCUT2D eigenvalue weighted by atomic mass is 10.2. The van der Waals surface area contributed by atoms with Gasteiger partial charge in [-0.2, -0.15) is 0 Å². The first kappa shape index (κ1) is 13.7. The Morgan fingerprint density at radius 3 is 2.00 bits per heavy atom. The van der Waals surface area contributed by atoms with Crippen molar-refractivity contribution in [2.24, 2.45) is 0 Å². The zero-order valence-corrected chi connectivity index (χ0v) is 8.86. The molecule has 1 fully saturated rings. The van der Waals surface area contributed by atoms with Crippen molar-refractivity contribution in [3.05, 3.63) is 35.9 Å². The van der Waals surface area contributed by atoms with E-state index in [1.54, 1.807) is 4.90 Å². The highest BCUT2D eigenvalue weighted by Gasteiger charge is 2.14. The molecule has 1 heterocycles. The van der Waals surface area contributed by atoms with E-state index in [2.05, 4.69) is 19.1 Å². The van der Waals surface area contributed by atoms with Crippen molar-refractivity contribution in [2.75, 3.05) is 13.6 Å². The second-order valence-corrected chi connectivity index (χ2v) is 3.57. The fourth-order valence-corrected chi connectivity index (χ4v) is 1.32. The van der Waals surface area contributed by atoms with E-state index >= 15 is 0 Å². The molecule has 1 aromatic carbocycles. The maximum atomic E-state index is 10.5. The van der Waals surface area contributed by atoms with Gasteiger partial charge >= 0.3 is 0 Å². The summed E-state index contributed by atoms with van der Waals surface area (Å²) < 4.78 is 0. The van der Waals surface area contributed by atoms with Crippen LogP contribution < -0.4 is 0 Å². The van der Waals surface area contributed by atoms with Crippen molar-refractivity contribution in [3.63, 3.8) is 0 Å². The van der Waals surface area contributed by atoms with Gasteiger partial charge in [-0.1, -0.05) is 43.3 Å². The van der Waals surface area contributed by atoms with Crippen molar-refractivity contribution in [1.29, 1.82) is 0 Å². The molecule has 2 nitrogen and oxygen atoms in total. The molecule has 0 radical (unpaired) electrons. The third-order valence-corrected chi connectivity index (χ3v) is 2.25. The normalized spacial score (nSPS) is 14.0. The number of amides is 1. The molecule has 0 N–H and O–H groups in total. The summed E-state index contributed by atoms with van der Waals surface area (Å²) in [5, 5.41) is 0. The lowest BCUT2D eigenvalue weighted by Crippen LogP contribution is -2.17. The van der Waals surface area contributed by atoms with Gasteiger partial charge in [0.05, 0.1) is 0 Å². The van der Waals surface area contributed by atoms with Crippen molar-refractivity contribution in [1.82, 2.24) is 4.90 Å². The van der Waals surface area contributed by atoms with Gasteiger partial charge in [0.1, 0.15) is 0 Å². The summed E-state index contributed by atoms with van der Waals surface area (Å²) in [6.07, 6.45) is 1.81. The predicted octanol–water partition coefficient (Wildman–Crippen LogP) is 2.87. The van der Waals surface area contributed by atoms with Crippen LogP contribution in [-0.2, 0) is 4.79 Å². The van der Waals surface area contributed by atoms with E-state index in [4.69, 9.17) is 0 Å². The summed E-state index contributed by atoms with van der Waals surface area (Å²) in [7, 11) is 1.84. The SMILES string of the molecule is C.CN1CCCC1=O.Cc1ccccc1. The first-order valence-corrected chi connectivity index (χ1v) is 4.96. The van der Waals surface area contributed by atoms with E-state index in [9.17, 15) is 4.79 Å². The molecule has 2 rings (SSSR count). The van der Waals surface area contributed by atoms with Crippen molar-refractivity contribution in [3.8, 4) is 0 Å². The first-order valence-electron chi connectivity index (χ1n) is 4.96. The lowest BCUT2D eigenvalue weighted by molar-refractivity contribution is -0.126. The molecule has 0 unspecified atom stereocenters.